The number of carbonyl (C=O) groups excluding carboxylic acids is 1. The molecule has 17 atom stereocenters. The van der Waals surface area contributed by atoms with Crippen molar-refractivity contribution in [3.63, 3.8) is 0 Å². The minimum atomic E-state index is -2.74. The van der Waals surface area contributed by atoms with Gasteiger partial charge >= 0.3 is 5.97 Å². The minimum absolute atomic E-state index is 0.0427. The van der Waals surface area contributed by atoms with E-state index in [0.717, 1.165) is 19.3 Å². The van der Waals surface area contributed by atoms with Gasteiger partial charge in [0.2, 0.25) is 0 Å². The number of aliphatic hydroxyl groups is 1. The molecule has 0 amide bonds. The molecule has 4 aliphatic rings. The zero-order valence-corrected chi connectivity index (χ0v) is 55.1. The van der Waals surface area contributed by atoms with Crippen LogP contribution in [0, 0.1) is 17.0 Å². The maximum atomic E-state index is 15.2. The molecular weight excluding hydrogens is 1020 g/mol. The largest absolute Gasteiger partial charge is 0.633 e. The molecule has 0 aliphatic carbocycles. The van der Waals surface area contributed by atoms with Crippen LogP contribution in [0.3, 0.4) is 0 Å². The maximum Gasteiger partial charge on any atom is 0.308 e. The molecule has 444 valence electrons. The van der Waals surface area contributed by atoms with Gasteiger partial charge in [0.15, 0.2) is 43.6 Å². The van der Waals surface area contributed by atoms with Gasteiger partial charge in [-0.05, 0) is 107 Å². The number of cyclic esters (lactones) is 1. The number of fused-ring (bicyclic) bond motifs is 3. The van der Waals surface area contributed by atoms with Crippen molar-refractivity contribution in [3.8, 4) is 0 Å². The molecule has 0 radical (unpaired) electrons. The van der Waals surface area contributed by atoms with Crippen LogP contribution in [-0.4, -0.2) is 160 Å². The summed E-state index contributed by atoms with van der Waals surface area (Å²) < 4.78 is 75.5. The van der Waals surface area contributed by atoms with Crippen molar-refractivity contribution in [2.24, 2.45) is 11.8 Å². The number of hydroxylamine groups is 3. The summed E-state index contributed by atoms with van der Waals surface area (Å²) in [6, 6.07) is -0.900. The van der Waals surface area contributed by atoms with Crippen LogP contribution in [0.4, 0.5) is 0 Å². The van der Waals surface area contributed by atoms with Gasteiger partial charge in [0, 0.05) is 33.0 Å². The number of carbonyl (C=O) groups is 1. The lowest BCUT2D eigenvalue weighted by molar-refractivity contribution is -0.879. The predicted octanol–water partition coefficient (Wildman–Crippen LogP) is 12.3. The van der Waals surface area contributed by atoms with E-state index in [0.29, 0.717) is 25.9 Å². The first-order valence-electron chi connectivity index (χ1n) is 28.9. The first-order valence-corrected chi connectivity index (χ1v) is 37.6. The summed E-state index contributed by atoms with van der Waals surface area (Å²) in [6.07, 6.45) is 3.32. The Morgan fingerprint density at radius 2 is 1.34 bits per heavy atom. The lowest BCUT2D eigenvalue weighted by Gasteiger charge is -2.57. The van der Waals surface area contributed by atoms with Crippen molar-refractivity contribution >= 4 is 30.9 Å². The lowest BCUT2D eigenvalue weighted by atomic mass is 9.83. The fourth-order valence-electron chi connectivity index (χ4n) is 10.4. The first kappa shape index (κ1) is 67.6. The van der Waals surface area contributed by atoms with E-state index >= 15 is 5.21 Å². The van der Waals surface area contributed by atoms with Gasteiger partial charge in [-0.3, -0.25) is 4.79 Å². The number of esters is 1. The Labute approximate surface area is 465 Å². The summed E-state index contributed by atoms with van der Waals surface area (Å²) in [5.74, 6) is -0.781. The molecule has 3 fully saturated rings. The zero-order chi connectivity index (χ0) is 57.8. The van der Waals surface area contributed by atoms with Gasteiger partial charge in [-0.2, -0.15) is 0 Å². The average molecular weight is 1130 g/mol. The van der Waals surface area contributed by atoms with Crippen molar-refractivity contribution < 1.29 is 65.7 Å². The fraction of sp³-hybridized carbons (Fsp3) is 0.914. The quantitative estimate of drug-likeness (QED) is 0.0481. The molecule has 0 spiro atoms. The Morgan fingerprint density at radius 3 is 1.89 bits per heavy atom. The van der Waals surface area contributed by atoms with Gasteiger partial charge in [-0.15, -0.1) is 0 Å². The van der Waals surface area contributed by atoms with E-state index in [1.807, 2.05) is 32.9 Å². The predicted molar refractivity (Wildman–Crippen MR) is 309 cm³/mol. The number of unbranched alkanes of at least 4 members (excludes halogenated alkanes) is 2. The van der Waals surface area contributed by atoms with Crippen LogP contribution < -0.4 is 0 Å². The molecule has 0 aromatic rings. The van der Waals surface area contributed by atoms with E-state index in [9.17, 15) is 9.90 Å². The van der Waals surface area contributed by atoms with Gasteiger partial charge in [-0.1, -0.05) is 113 Å². The number of rotatable bonds is 17. The molecule has 4 rings (SSSR count). The van der Waals surface area contributed by atoms with Crippen LogP contribution in [-0.2, 0) is 56.0 Å². The molecule has 76 heavy (non-hydrogen) atoms. The smallest absolute Gasteiger partial charge is 0.308 e. The molecule has 3 saturated heterocycles. The third-order valence-electron chi connectivity index (χ3n) is 18.0. The number of ether oxygens (including phenoxy) is 8. The van der Waals surface area contributed by atoms with Crippen LogP contribution in [0.15, 0.2) is 24.3 Å². The summed E-state index contributed by atoms with van der Waals surface area (Å²) in [6.45, 7) is 45.6. The van der Waals surface area contributed by atoms with E-state index in [2.05, 4.69) is 128 Å². The van der Waals surface area contributed by atoms with Gasteiger partial charge in [0.25, 0.3) is 0 Å². The molecule has 4 heterocycles. The Morgan fingerprint density at radius 1 is 0.750 bits per heavy atom. The fourth-order valence-corrected chi connectivity index (χ4v) is 14.2. The number of hydrogen-bond donors (Lipinski definition) is 1. The Hall–Kier alpha value is -0.919. The highest BCUT2D eigenvalue weighted by Crippen LogP contribution is 2.47. The topological polar surface area (TPSA) is 162 Å². The molecule has 0 saturated carbocycles. The van der Waals surface area contributed by atoms with Crippen LogP contribution >= 0.6 is 0 Å². The second-order valence-corrected chi connectivity index (χ2v) is 42.6. The molecule has 15 nitrogen and oxygen atoms in total. The highest BCUT2D eigenvalue weighted by atomic mass is 28.4. The van der Waals surface area contributed by atoms with Crippen LogP contribution in [0.5, 0.6) is 0 Å². The standard InChI is InChI=1S/C58H111NO14Si3/c1-25-26-30-33-64-53-41(5)66-47(37-58(53,15)61)69-49-40(4)67-54(52(48(49)59(16,17)62)73-76(23,24)57(12,13)14)70-50-42-34-38(2)43(71-74(19,20)55(6,7)8)32-29-27-28-31-39(3)65-45(60)36-44(51(50)63-18)68-46(35-42)72-75(21,22)56(9,10)11/h27-29,32,38-44,46-54,61H,25-26,30-31,33-37H2,1-24H3/b28-27+,32-29+/t38-,39-,40+,41-,42-,43+,44-,46?,47-,48-,49+,50+,51+,52+,53-,54-,58+/m1/s1. The Bertz CT molecular complexity index is 1870. The third kappa shape index (κ3) is 17.8. The van der Waals surface area contributed by atoms with E-state index in [1.54, 1.807) is 28.1 Å². The molecule has 1 N–H and O–H groups in total. The second-order valence-electron chi connectivity index (χ2n) is 28.3. The highest BCUT2D eigenvalue weighted by Gasteiger charge is 2.59. The minimum Gasteiger partial charge on any atom is -0.633 e. The highest BCUT2D eigenvalue weighted by molar-refractivity contribution is 6.75. The maximum absolute atomic E-state index is 15.2. The van der Waals surface area contributed by atoms with Crippen molar-refractivity contribution in [1.82, 2.24) is 0 Å². The van der Waals surface area contributed by atoms with E-state index in [1.165, 1.54) is 0 Å². The van der Waals surface area contributed by atoms with Gasteiger partial charge in [-0.25, -0.2) is 0 Å². The average Bonchev–Trinajstić information content (AvgIpc) is 3.36. The summed E-state index contributed by atoms with van der Waals surface area (Å²) >= 11 is 0. The Balaban J connectivity index is 1.94. The van der Waals surface area contributed by atoms with Crippen molar-refractivity contribution in [2.75, 3.05) is 27.8 Å². The van der Waals surface area contributed by atoms with E-state index in [4.69, 9.17) is 51.2 Å². The number of nitrogens with zero attached hydrogens (tertiary/aromatic N) is 1. The monoisotopic (exact) mass is 1130 g/mol. The van der Waals surface area contributed by atoms with Crippen molar-refractivity contribution in [1.29, 1.82) is 0 Å². The molecular formula is C58H111NO14Si3. The number of methoxy groups -OCH3 is 1. The van der Waals surface area contributed by atoms with Crippen LogP contribution in [0.2, 0.25) is 54.4 Å². The van der Waals surface area contributed by atoms with Crippen molar-refractivity contribution in [3.05, 3.63) is 29.5 Å². The molecule has 1 unspecified atom stereocenters. The van der Waals surface area contributed by atoms with Gasteiger partial charge in [0.1, 0.15) is 36.7 Å². The SMILES string of the molecule is CCCCCO[C@@H]1[C@@H](C)O[C@H](O[C@@H]2[C@@H]([N+](C)(C)[O-])[C@H](O[Si](C)(C)C(C)(C)C)[C@@H](O[C@H]3[C@H]4CC(O[Si](C)(C)C(C)(C)C)O[C@H](CC(=O)O[C@H](C)C/C=C/C=C/[C@H](O[Si](C)(C)C(C)(C)C)[C@H](C)C4)[C@@H]3OC)O[C@H]2C)C[C@]1(C)O. The van der Waals surface area contributed by atoms with Gasteiger partial charge < -0.3 is 66.1 Å². The first-order chi connectivity index (χ1) is 34.7. The Kier molecular flexibility index (Phi) is 23.6. The van der Waals surface area contributed by atoms with E-state index < -0.39 is 121 Å². The zero-order valence-electron chi connectivity index (χ0n) is 52.1. The lowest BCUT2D eigenvalue weighted by Crippen LogP contribution is -2.71. The molecule has 18 heteroatoms. The number of likely N-dealkylation sites (N-methyl/N-ethyl adjacent to an activating group) is 1. The number of allylic oxidation sites excluding steroid dienone is 2. The molecule has 2 bridgehead atoms. The summed E-state index contributed by atoms with van der Waals surface area (Å²) in [4.78, 5) is 14.1. The van der Waals surface area contributed by atoms with Crippen LogP contribution in [0.1, 0.15) is 155 Å². The van der Waals surface area contributed by atoms with Crippen LogP contribution in [0.25, 0.3) is 0 Å². The molecule has 4 aliphatic heterocycles. The number of quaternary nitrogens is 1. The summed E-state index contributed by atoms with van der Waals surface area (Å²) in [5.41, 5.74) is -1.28. The van der Waals surface area contributed by atoms with Crippen molar-refractivity contribution in [2.45, 2.75) is 301 Å². The summed E-state index contributed by atoms with van der Waals surface area (Å²) in [7, 11) is -2.68. The summed E-state index contributed by atoms with van der Waals surface area (Å²) in [5, 5.41) is 26.6. The van der Waals surface area contributed by atoms with Gasteiger partial charge in [0.05, 0.1) is 56.6 Å². The number of hydrogen-bond acceptors (Lipinski definition) is 14. The third-order valence-corrected chi connectivity index (χ3v) is 31.4. The normalized spacial score (nSPS) is 37.4. The molecule has 0 aromatic heterocycles. The second kappa shape index (κ2) is 26.5. The molecule has 0 aromatic carbocycles. The van der Waals surface area contributed by atoms with E-state index in [-0.39, 0.29) is 45.9 Å².